The molecule has 1 atom stereocenters. The maximum Gasteiger partial charge on any atom is 0.0955 e. The van der Waals surface area contributed by atoms with Crippen LogP contribution in [0.2, 0.25) is 0 Å². The summed E-state index contributed by atoms with van der Waals surface area (Å²) in [4.78, 5) is 4.40. The third-order valence-electron chi connectivity index (χ3n) is 4.05. The van der Waals surface area contributed by atoms with Crippen molar-refractivity contribution in [3.05, 3.63) is 36.3 Å². The van der Waals surface area contributed by atoms with Crippen LogP contribution in [-0.4, -0.2) is 26.3 Å². The second-order valence-electron chi connectivity index (χ2n) is 5.42. The summed E-state index contributed by atoms with van der Waals surface area (Å²) in [5, 5.41) is 11.1. The highest BCUT2D eigenvalue weighted by Gasteiger charge is 2.18. The number of nitrogens with zero attached hydrogens (tertiary/aromatic N) is 3. The normalized spacial score (nSPS) is 18.9. The van der Waals surface area contributed by atoms with Crippen molar-refractivity contribution in [2.24, 2.45) is 7.05 Å². The van der Waals surface area contributed by atoms with E-state index < -0.39 is 0 Å². The summed E-state index contributed by atoms with van der Waals surface area (Å²) in [6.07, 6.45) is 4.26. The first-order valence-corrected chi connectivity index (χ1v) is 7.01. The molecule has 5 heteroatoms. The Labute approximate surface area is 117 Å². The number of hydrogen-bond donors (Lipinski definition) is 2. The quantitative estimate of drug-likeness (QED) is 0.749. The topological polar surface area (TPSA) is 58.5 Å². The molecule has 0 spiro atoms. The molecular formula is C15H17N5. The maximum absolute atomic E-state index is 4.45. The molecule has 2 N–H and O–H groups in total. The predicted octanol–water partition coefficient (Wildman–Crippen LogP) is 2.39. The molecule has 0 saturated carbocycles. The van der Waals surface area contributed by atoms with E-state index in [4.69, 9.17) is 0 Å². The van der Waals surface area contributed by atoms with Gasteiger partial charge in [0.15, 0.2) is 0 Å². The monoisotopic (exact) mass is 267 g/mol. The molecule has 102 valence electrons. The van der Waals surface area contributed by atoms with Crippen molar-refractivity contribution in [2.45, 2.75) is 18.9 Å². The van der Waals surface area contributed by atoms with Crippen molar-refractivity contribution >= 4 is 11.0 Å². The molecule has 5 nitrogen and oxygen atoms in total. The second-order valence-corrected chi connectivity index (χ2v) is 5.42. The number of hydrogen-bond acceptors (Lipinski definition) is 3. The van der Waals surface area contributed by atoms with Gasteiger partial charge in [-0.3, -0.25) is 5.10 Å². The minimum atomic E-state index is 0.426. The standard InChI is InChI=1S/C15H17N5/c1-20-9-17-14-7-10(4-5-15(14)20)12-8-13(19-18-12)11-3-2-6-16-11/h4-5,7-9,11,16H,2-3,6H2,1H3,(H,18,19). The van der Waals surface area contributed by atoms with E-state index in [0.29, 0.717) is 6.04 Å². The highest BCUT2D eigenvalue weighted by Crippen LogP contribution is 2.27. The lowest BCUT2D eigenvalue weighted by molar-refractivity contribution is 0.625. The molecule has 1 aliphatic rings. The third kappa shape index (κ3) is 1.82. The summed E-state index contributed by atoms with van der Waals surface area (Å²) in [6, 6.07) is 8.87. The first-order valence-electron chi connectivity index (χ1n) is 7.01. The van der Waals surface area contributed by atoms with Crippen LogP contribution in [0, 0.1) is 0 Å². The molecule has 1 saturated heterocycles. The van der Waals surface area contributed by atoms with E-state index in [1.807, 2.05) is 17.9 Å². The van der Waals surface area contributed by atoms with Gasteiger partial charge in [0.05, 0.1) is 28.7 Å². The van der Waals surface area contributed by atoms with Gasteiger partial charge < -0.3 is 9.88 Å². The number of benzene rings is 1. The lowest BCUT2D eigenvalue weighted by Crippen LogP contribution is -2.12. The van der Waals surface area contributed by atoms with Crippen LogP contribution in [0.4, 0.5) is 0 Å². The summed E-state index contributed by atoms with van der Waals surface area (Å²) in [6.45, 7) is 1.10. The van der Waals surface area contributed by atoms with Gasteiger partial charge in [0.1, 0.15) is 0 Å². The van der Waals surface area contributed by atoms with Crippen LogP contribution in [0.3, 0.4) is 0 Å². The largest absolute Gasteiger partial charge is 0.334 e. The molecule has 0 aliphatic carbocycles. The van der Waals surface area contributed by atoms with Gasteiger partial charge in [0, 0.05) is 18.7 Å². The number of aromatic nitrogens is 4. The Morgan fingerprint density at radius 1 is 1.30 bits per heavy atom. The Morgan fingerprint density at radius 2 is 2.25 bits per heavy atom. The molecule has 0 amide bonds. The Morgan fingerprint density at radius 3 is 3.10 bits per heavy atom. The van der Waals surface area contributed by atoms with Crippen LogP contribution in [0.1, 0.15) is 24.6 Å². The van der Waals surface area contributed by atoms with Crippen molar-refractivity contribution in [1.29, 1.82) is 0 Å². The van der Waals surface area contributed by atoms with E-state index in [1.165, 1.54) is 18.5 Å². The van der Waals surface area contributed by atoms with Crippen molar-refractivity contribution in [3.8, 4) is 11.3 Å². The molecule has 1 aromatic carbocycles. The van der Waals surface area contributed by atoms with Gasteiger partial charge in [-0.25, -0.2) is 4.98 Å². The molecule has 20 heavy (non-hydrogen) atoms. The van der Waals surface area contributed by atoms with Crippen molar-refractivity contribution < 1.29 is 0 Å². The van der Waals surface area contributed by atoms with Gasteiger partial charge in [-0.1, -0.05) is 6.07 Å². The summed E-state index contributed by atoms with van der Waals surface area (Å²) in [5.74, 6) is 0. The summed E-state index contributed by atoms with van der Waals surface area (Å²) in [7, 11) is 2.01. The molecule has 3 aromatic rings. The predicted molar refractivity (Wildman–Crippen MR) is 78.3 cm³/mol. The number of aryl methyl sites for hydroxylation is 1. The number of rotatable bonds is 2. The van der Waals surface area contributed by atoms with E-state index in [2.05, 4.69) is 44.8 Å². The molecule has 0 bridgehead atoms. The average molecular weight is 267 g/mol. The minimum absolute atomic E-state index is 0.426. The number of aromatic amines is 1. The van der Waals surface area contributed by atoms with Gasteiger partial charge in [0.2, 0.25) is 0 Å². The lowest BCUT2D eigenvalue weighted by atomic mass is 10.1. The lowest BCUT2D eigenvalue weighted by Gasteiger charge is -2.05. The van der Waals surface area contributed by atoms with Crippen LogP contribution in [0.5, 0.6) is 0 Å². The first kappa shape index (κ1) is 11.7. The fourth-order valence-electron chi connectivity index (χ4n) is 2.91. The summed E-state index contributed by atoms with van der Waals surface area (Å²) >= 11 is 0. The minimum Gasteiger partial charge on any atom is -0.334 e. The van der Waals surface area contributed by atoms with Crippen molar-refractivity contribution in [1.82, 2.24) is 25.1 Å². The van der Waals surface area contributed by atoms with Crippen LogP contribution >= 0.6 is 0 Å². The Hall–Kier alpha value is -2.14. The highest BCUT2D eigenvalue weighted by atomic mass is 15.1. The summed E-state index contributed by atoms with van der Waals surface area (Å²) < 4.78 is 2.03. The molecule has 2 aromatic heterocycles. The number of fused-ring (bicyclic) bond motifs is 1. The zero-order valence-corrected chi connectivity index (χ0v) is 11.4. The van der Waals surface area contributed by atoms with E-state index >= 15 is 0 Å². The van der Waals surface area contributed by atoms with E-state index in [1.54, 1.807) is 0 Å². The fourth-order valence-corrected chi connectivity index (χ4v) is 2.91. The molecule has 4 rings (SSSR count). The van der Waals surface area contributed by atoms with E-state index in [-0.39, 0.29) is 0 Å². The van der Waals surface area contributed by atoms with Crippen LogP contribution in [0.15, 0.2) is 30.6 Å². The van der Waals surface area contributed by atoms with Crippen molar-refractivity contribution in [2.75, 3.05) is 6.54 Å². The zero-order valence-electron chi connectivity index (χ0n) is 11.4. The smallest absolute Gasteiger partial charge is 0.0955 e. The average Bonchev–Trinajstić information content (AvgIpc) is 3.18. The summed E-state index contributed by atoms with van der Waals surface area (Å²) in [5.41, 5.74) is 5.42. The van der Waals surface area contributed by atoms with Crippen LogP contribution < -0.4 is 5.32 Å². The molecular weight excluding hydrogens is 250 g/mol. The second kappa shape index (κ2) is 4.45. The van der Waals surface area contributed by atoms with Gasteiger partial charge >= 0.3 is 0 Å². The fraction of sp³-hybridized carbons (Fsp3) is 0.333. The van der Waals surface area contributed by atoms with E-state index in [0.717, 1.165) is 28.8 Å². The van der Waals surface area contributed by atoms with Gasteiger partial charge in [-0.2, -0.15) is 5.10 Å². The Bertz CT molecular complexity index is 749. The molecule has 1 fully saturated rings. The zero-order chi connectivity index (χ0) is 13.5. The molecule has 1 unspecified atom stereocenters. The molecule has 1 aliphatic heterocycles. The van der Waals surface area contributed by atoms with Crippen LogP contribution in [0.25, 0.3) is 22.3 Å². The molecule has 3 heterocycles. The highest BCUT2D eigenvalue weighted by molar-refractivity contribution is 5.81. The number of imidazole rings is 1. The number of nitrogens with one attached hydrogen (secondary N) is 2. The number of H-pyrrole nitrogens is 1. The van der Waals surface area contributed by atoms with Crippen LogP contribution in [-0.2, 0) is 7.05 Å². The molecule has 0 radical (unpaired) electrons. The Kier molecular flexibility index (Phi) is 2.60. The SMILES string of the molecule is Cn1cnc2cc(-c3cc(C4CCCN4)[nH]n3)ccc21. The van der Waals surface area contributed by atoms with Gasteiger partial charge in [0.25, 0.3) is 0 Å². The van der Waals surface area contributed by atoms with Gasteiger partial charge in [-0.05, 0) is 37.6 Å². The van der Waals surface area contributed by atoms with Crippen molar-refractivity contribution in [3.63, 3.8) is 0 Å². The van der Waals surface area contributed by atoms with E-state index in [9.17, 15) is 0 Å². The third-order valence-corrected chi connectivity index (χ3v) is 4.05. The first-order chi connectivity index (χ1) is 9.81. The van der Waals surface area contributed by atoms with Gasteiger partial charge in [-0.15, -0.1) is 0 Å². The Balaban J connectivity index is 1.71. The maximum atomic E-state index is 4.45.